The summed E-state index contributed by atoms with van der Waals surface area (Å²) in [7, 11) is 3.39. The molecule has 0 fully saturated rings. The number of likely N-dealkylation sites (N-methyl/N-ethyl adjacent to an activating group) is 2. The van der Waals surface area contributed by atoms with Gasteiger partial charge in [0.05, 0.1) is 20.2 Å². The van der Waals surface area contributed by atoms with Gasteiger partial charge in [0.2, 0.25) is 11.8 Å². The van der Waals surface area contributed by atoms with Crippen molar-refractivity contribution in [2.24, 2.45) is 0 Å². The van der Waals surface area contributed by atoms with E-state index in [1.807, 2.05) is 11.8 Å². The van der Waals surface area contributed by atoms with Crippen LogP contribution in [0.5, 0.6) is 5.75 Å². The fourth-order valence-electron chi connectivity index (χ4n) is 3.10. The van der Waals surface area contributed by atoms with E-state index in [-0.39, 0.29) is 24.9 Å². The van der Waals surface area contributed by atoms with E-state index in [2.05, 4.69) is 11.4 Å². The van der Waals surface area contributed by atoms with Gasteiger partial charge in [0.25, 0.3) is 0 Å². The van der Waals surface area contributed by atoms with Crippen molar-refractivity contribution in [1.29, 1.82) is 0 Å². The quantitative estimate of drug-likeness (QED) is 0.775. The Labute approximate surface area is 155 Å². The molecule has 1 aliphatic rings. The molecule has 142 valence electrons. The minimum Gasteiger partial charge on any atom is -0.497 e. The molecule has 2 amide bonds. The molecule has 1 aromatic carbocycles. The second-order valence-electron chi connectivity index (χ2n) is 6.53. The maximum absolute atomic E-state index is 12.6. The van der Waals surface area contributed by atoms with Gasteiger partial charge in [0.1, 0.15) is 5.75 Å². The van der Waals surface area contributed by atoms with E-state index in [1.165, 1.54) is 6.42 Å². The summed E-state index contributed by atoms with van der Waals surface area (Å²) in [5, 5.41) is 2.83. The molecule has 0 atom stereocenters. The zero-order chi connectivity index (χ0) is 18.9. The summed E-state index contributed by atoms with van der Waals surface area (Å²) in [6.45, 7) is 3.04. The van der Waals surface area contributed by atoms with E-state index in [9.17, 15) is 9.59 Å². The standard InChI is InChI=1S/C20H29N3O3/c1-4-23(17-8-6-5-7-9-17)20(25)15-22(2)14-19(24)21-16-10-12-18(26-3)13-11-16/h8,10-13H,4-7,9,14-15H2,1-3H3,(H,21,24). The summed E-state index contributed by atoms with van der Waals surface area (Å²) in [5.41, 5.74) is 1.83. The third-order valence-corrected chi connectivity index (χ3v) is 4.42. The van der Waals surface area contributed by atoms with Crippen LogP contribution in [0.3, 0.4) is 0 Å². The molecule has 0 saturated heterocycles. The van der Waals surface area contributed by atoms with Crippen molar-refractivity contribution in [2.45, 2.75) is 32.6 Å². The first-order valence-electron chi connectivity index (χ1n) is 9.15. The number of carbonyl (C=O) groups is 2. The van der Waals surface area contributed by atoms with Gasteiger partial charge in [-0.2, -0.15) is 0 Å². The molecule has 0 aliphatic heterocycles. The Morgan fingerprint density at radius 1 is 1.15 bits per heavy atom. The number of hydrogen-bond acceptors (Lipinski definition) is 4. The molecule has 0 bridgehead atoms. The molecule has 26 heavy (non-hydrogen) atoms. The highest BCUT2D eigenvalue weighted by Crippen LogP contribution is 2.21. The first-order valence-corrected chi connectivity index (χ1v) is 9.15. The number of nitrogens with zero attached hydrogens (tertiary/aromatic N) is 2. The van der Waals surface area contributed by atoms with Crippen LogP contribution in [-0.2, 0) is 9.59 Å². The van der Waals surface area contributed by atoms with Gasteiger partial charge in [-0.1, -0.05) is 6.08 Å². The van der Waals surface area contributed by atoms with Gasteiger partial charge in [-0.05, 0) is 63.9 Å². The molecule has 0 radical (unpaired) electrons. The second-order valence-corrected chi connectivity index (χ2v) is 6.53. The van der Waals surface area contributed by atoms with Crippen LogP contribution in [0.4, 0.5) is 5.69 Å². The molecule has 6 heteroatoms. The predicted octanol–water partition coefficient (Wildman–Crippen LogP) is 2.87. The Hall–Kier alpha value is -2.34. The monoisotopic (exact) mass is 359 g/mol. The van der Waals surface area contributed by atoms with Crippen LogP contribution < -0.4 is 10.1 Å². The highest BCUT2D eigenvalue weighted by molar-refractivity contribution is 5.92. The summed E-state index contributed by atoms with van der Waals surface area (Å²) >= 11 is 0. The van der Waals surface area contributed by atoms with Gasteiger partial charge in [-0.3, -0.25) is 14.5 Å². The van der Waals surface area contributed by atoms with Crippen LogP contribution >= 0.6 is 0 Å². The van der Waals surface area contributed by atoms with Crippen molar-refractivity contribution >= 4 is 17.5 Å². The van der Waals surface area contributed by atoms with Gasteiger partial charge in [-0.25, -0.2) is 0 Å². The van der Waals surface area contributed by atoms with Crippen LogP contribution in [0.15, 0.2) is 36.0 Å². The third kappa shape index (κ3) is 5.88. The Bertz CT molecular complexity index is 640. The average Bonchev–Trinajstić information content (AvgIpc) is 2.63. The molecule has 0 heterocycles. The fourth-order valence-corrected chi connectivity index (χ4v) is 3.10. The maximum atomic E-state index is 12.6. The zero-order valence-electron chi connectivity index (χ0n) is 16.0. The van der Waals surface area contributed by atoms with E-state index in [0.29, 0.717) is 12.2 Å². The van der Waals surface area contributed by atoms with Gasteiger partial charge >= 0.3 is 0 Å². The molecule has 0 unspecified atom stereocenters. The normalized spacial score (nSPS) is 13.9. The van der Waals surface area contributed by atoms with Crippen molar-refractivity contribution in [2.75, 3.05) is 39.1 Å². The minimum atomic E-state index is -0.148. The molecule has 1 N–H and O–H groups in total. The molecule has 1 aliphatic carbocycles. The molecule has 0 spiro atoms. The Balaban J connectivity index is 1.83. The summed E-state index contributed by atoms with van der Waals surface area (Å²) in [4.78, 5) is 28.4. The van der Waals surface area contributed by atoms with Gasteiger partial charge in [-0.15, -0.1) is 0 Å². The second kappa shape index (κ2) is 9.97. The van der Waals surface area contributed by atoms with Crippen molar-refractivity contribution in [3.8, 4) is 5.75 Å². The van der Waals surface area contributed by atoms with E-state index in [4.69, 9.17) is 4.74 Å². The van der Waals surface area contributed by atoms with Gasteiger partial charge in [0.15, 0.2) is 0 Å². The van der Waals surface area contributed by atoms with Crippen LogP contribution in [0.1, 0.15) is 32.6 Å². The number of allylic oxidation sites excluding steroid dienone is 2. The number of rotatable bonds is 8. The van der Waals surface area contributed by atoms with Crippen LogP contribution in [-0.4, -0.2) is 55.4 Å². The first kappa shape index (κ1) is 20.0. The molecule has 0 saturated carbocycles. The summed E-state index contributed by atoms with van der Waals surface area (Å²) in [6.07, 6.45) is 6.50. The maximum Gasteiger partial charge on any atom is 0.240 e. The Morgan fingerprint density at radius 3 is 2.46 bits per heavy atom. The van der Waals surface area contributed by atoms with Crippen LogP contribution in [0, 0.1) is 0 Å². The van der Waals surface area contributed by atoms with Crippen LogP contribution in [0.2, 0.25) is 0 Å². The van der Waals surface area contributed by atoms with Crippen molar-refractivity contribution in [3.63, 3.8) is 0 Å². The Morgan fingerprint density at radius 2 is 1.88 bits per heavy atom. The SMILES string of the molecule is CCN(C(=O)CN(C)CC(=O)Nc1ccc(OC)cc1)C1=CCCCC1. The fraction of sp³-hybridized carbons (Fsp3) is 0.500. The number of methoxy groups -OCH3 is 1. The summed E-state index contributed by atoms with van der Waals surface area (Å²) < 4.78 is 5.10. The first-order chi connectivity index (χ1) is 12.5. The third-order valence-electron chi connectivity index (χ3n) is 4.42. The van der Waals surface area contributed by atoms with E-state index >= 15 is 0 Å². The molecular formula is C20H29N3O3. The lowest BCUT2D eigenvalue weighted by molar-refractivity contribution is -0.130. The van der Waals surface area contributed by atoms with E-state index in [1.54, 1.807) is 43.3 Å². The number of ether oxygens (including phenoxy) is 1. The molecule has 6 nitrogen and oxygen atoms in total. The van der Waals surface area contributed by atoms with E-state index < -0.39 is 0 Å². The van der Waals surface area contributed by atoms with Crippen molar-refractivity contribution in [3.05, 3.63) is 36.0 Å². The number of benzene rings is 1. The zero-order valence-corrected chi connectivity index (χ0v) is 16.0. The molecule has 0 aromatic heterocycles. The van der Waals surface area contributed by atoms with E-state index in [0.717, 1.165) is 30.7 Å². The highest BCUT2D eigenvalue weighted by Gasteiger charge is 2.20. The summed E-state index contributed by atoms with van der Waals surface area (Å²) in [5.74, 6) is 0.633. The number of nitrogens with one attached hydrogen (secondary N) is 1. The number of hydrogen-bond donors (Lipinski definition) is 1. The predicted molar refractivity (Wildman–Crippen MR) is 103 cm³/mol. The number of anilines is 1. The molecule has 2 rings (SSSR count). The van der Waals surface area contributed by atoms with Crippen LogP contribution in [0.25, 0.3) is 0 Å². The van der Waals surface area contributed by atoms with Gasteiger partial charge < -0.3 is 15.0 Å². The van der Waals surface area contributed by atoms with Crippen molar-refractivity contribution in [1.82, 2.24) is 9.80 Å². The highest BCUT2D eigenvalue weighted by atomic mass is 16.5. The smallest absolute Gasteiger partial charge is 0.240 e. The largest absolute Gasteiger partial charge is 0.497 e. The Kier molecular flexibility index (Phi) is 7.66. The number of amides is 2. The number of carbonyl (C=O) groups excluding carboxylic acids is 2. The minimum absolute atomic E-state index is 0.0420. The summed E-state index contributed by atoms with van der Waals surface area (Å²) in [6, 6.07) is 7.16. The lowest BCUT2D eigenvalue weighted by Crippen LogP contribution is -2.41. The molecule has 1 aromatic rings. The van der Waals surface area contributed by atoms with Gasteiger partial charge in [0, 0.05) is 17.9 Å². The molecular weight excluding hydrogens is 330 g/mol. The van der Waals surface area contributed by atoms with Crippen molar-refractivity contribution < 1.29 is 14.3 Å². The topological polar surface area (TPSA) is 61.9 Å². The lowest BCUT2D eigenvalue weighted by Gasteiger charge is -2.28. The lowest BCUT2D eigenvalue weighted by atomic mass is 10.0. The average molecular weight is 359 g/mol.